The van der Waals surface area contributed by atoms with Crippen molar-refractivity contribution in [3.63, 3.8) is 0 Å². The average molecular weight is 487 g/mol. The molecule has 5 rings (SSSR count). The van der Waals surface area contributed by atoms with Crippen molar-refractivity contribution >= 4 is 40.3 Å². The topological polar surface area (TPSA) is 144 Å². The molecule has 2 aromatic heterocycles. The second kappa shape index (κ2) is 9.84. The number of nitrogens with zero attached hydrogens (tertiary/aromatic N) is 4. The van der Waals surface area contributed by atoms with E-state index in [0.717, 1.165) is 11.3 Å². The van der Waals surface area contributed by atoms with Crippen LogP contribution in [-0.4, -0.2) is 79.0 Å². The number of rotatable bonds is 7. The molecule has 0 radical (unpaired) electrons. The van der Waals surface area contributed by atoms with Gasteiger partial charge in [-0.25, -0.2) is 15.0 Å². The Morgan fingerprint density at radius 3 is 2.88 bits per heavy atom. The molecule has 34 heavy (non-hydrogen) atoms. The van der Waals surface area contributed by atoms with Gasteiger partial charge in [-0.15, -0.1) is 11.8 Å². The smallest absolute Gasteiger partial charge is 0.221 e. The van der Waals surface area contributed by atoms with Crippen molar-refractivity contribution in [3.05, 3.63) is 36.9 Å². The molecule has 1 amide bonds. The third kappa shape index (κ3) is 4.59. The number of imidazole rings is 1. The normalized spacial score (nSPS) is 26.7. The van der Waals surface area contributed by atoms with Crippen molar-refractivity contribution in [1.82, 2.24) is 19.5 Å². The minimum Gasteiger partial charge on any atom is -0.387 e. The lowest BCUT2D eigenvalue weighted by Gasteiger charge is -2.17. The van der Waals surface area contributed by atoms with Crippen LogP contribution in [0.25, 0.3) is 11.2 Å². The number of nitrogens with one attached hydrogen (secondary N) is 2. The van der Waals surface area contributed by atoms with Gasteiger partial charge < -0.3 is 30.3 Å². The van der Waals surface area contributed by atoms with E-state index >= 15 is 0 Å². The van der Waals surface area contributed by atoms with Crippen LogP contribution in [0.5, 0.6) is 0 Å². The molecular weight excluding hydrogens is 460 g/mol. The quantitative estimate of drug-likeness (QED) is 0.362. The molecule has 1 aromatic carbocycles. The van der Waals surface area contributed by atoms with Gasteiger partial charge in [0.1, 0.15) is 18.5 Å². The van der Waals surface area contributed by atoms with Gasteiger partial charge in [0, 0.05) is 24.2 Å². The van der Waals surface area contributed by atoms with Gasteiger partial charge in [0.2, 0.25) is 5.91 Å². The number of benzene rings is 1. The Morgan fingerprint density at radius 2 is 2.09 bits per heavy atom. The average Bonchev–Trinajstić information content (AvgIpc) is 3.55. The van der Waals surface area contributed by atoms with E-state index in [9.17, 15) is 15.0 Å². The highest BCUT2D eigenvalue weighted by molar-refractivity contribution is 7.99. The number of amides is 1. The highest BCUT2D eigenvalue weighted by Crippen LogP contribution is 2.36. The molecule has 2 aliphatic rings. The molecule has 2 fully saturated rings. The van der Waals surface area contributed by atoms with Gasteiger partial charge in [0.25, 0.3) is 0 Å². The summed E-state index contributed by atoms with van der Waals surface area (Å²) in [6.07, 6.45) is 0.103. The predicted molar refractivity (Wildman–Crippen MR) is 126 cm³/mol. The first kappa shape index (κ1) is 23.0. The number of carbonyl (C=O) groups excluding carboxylic acids is 1. The number of aliphatic hydroxyl groups excluding tert-OH is 2. The Balaban J connectivity index is 1.32. The summed E-state index contributed by atoms with van der Waals surface area (Å²) in [6.45, 7) is 2.76. The fourth-order valence-electron chi connectivity index (χ4n) is 4.14. The number of thioether (sulfide) groups is 1. The maximum absolute atomic E-state index is 11.5. The zero-order valence-electron chi connectivity index (χ0n) is 18.5. The molecule has 11 nitrogen and oxygen atoms in total. The zero-order chi connectivity index (χ0) is 23.7. The van der Waals surface area contributed by atoms with E-state index in [4.69, 9.17) is 9.47 Å². The highest BCUT2D eigenvalue weighted by atomic mass is 32.2. The summed E-state index contributed by atoms with van der Waals surface area (Å²) in [5.74, 6) is 0.805. The van der Waals surface area contributed by atoms with Gasteiger partial charge >= 0.3 is 0 Å². The molecular formula is C22H26N6O5S. The Labute approximate surface area is 199 Å². The summed E-state index contributed by atoms with van der Waals surface area (Å²) in [5.41, 5.74) is 1.74. The van der Waals surface area contributed by atoms with E-state index in [-0.39, 0.29) is 11.9 Å². The maximum atomic E-state index is 11.5. The summed E-state index contributed by atoms with van der Waals surface area (Å²) in [4.78, 5) is 25.4. The summed E-state index contributed by atoms with van der Waals surface area (Å²) >= 11 is 1.43. The minimum atomic E-state index is -1.16. The number of carbonyl (C=O) groups is 1. The Bertz CT molecular complexity index is 1170. The van der Waals surface area contributed by atoms with Crippen molar-refractivity contribution in [3.8, 4) is 0 Å². The number of hydrogen-bond donors (Lipinski definition) is 4. The number of ether oxygens (including phenoxy) is 2. The van der Waals surface area contributed by atoms with Gasteiger partial charge in [-0.1, -0.05) is 12.1 Å². The van der Waals surface area contributed by atoms with Crippen molar-refractivity contribution < 1.29 is 24.5 Å². The summed E-state index contributed by atoms with van der Waals surface area (Å²) in [6, 6.07) is 7.56. The SMILES string of the molecule is CC(=O)Nc1ccccc1SC[C@H]1O[C@@H](n2cnc3c(N[C@@H]4CCOC4)ncnc32)[C@H](O)[C@@H]1O. The van der Waals surface area contributed by atoms with Gasteiger partial charge in [0.15, 0.2) is 23.2 Å². The first-order valence-corrected chi connectivity index (χ1v) is 12.0. The minimum absolute atomic E-state index is 0.153. The molecule has 4 N–H and O–H groups in total. The van der Waals surface area contributed by atoms with Crippen LogP contribution in [-0.2, 0) is 14.3 Å². The molecule has 4 heterocycles. The van der Waals surface area contributed by atoms with Gasteiger partial charge in [0.05, 0.1) is 30.8 Å². The van der Waals surface area contributed by atoms with Crippen molar-refractivity contribution in [1.29, 1.82) is 0 Å². The number of aliphatic hydroxyl groups is 2. The molecule has 0 spiro atoms. The van der Waals surface area contributed by atoms with Gasteiger partial charge in [-0.3, -0.25) is 9.36 Å². The van der Waals surface area contributed by atoms with E-state index in [1.807, 2.05) is 24.3 Å². The standard InChI is InChI=1S/C22H26N6O5S/c1-12(29)26-14-4-2-3-5-16(14)34-9-15-18(30)19(31)22(33-15)28-11-25-17-20(23-10-24-21(17)28)27-13-6-7-32-8-13/h2-5,10-11,13,15,18-19,22,30-31H,6-9H2,1H3,(H,26,29)(H,23,24,27)/t13-,15-,18-,19-,22-/m1/s1. The fraction of sp³-hybridized carbons (Fsp3) is 0.455. The van der Waals surface area contributed by atoms with E-state index in [2.05, 4.69) is 25.6 Å². The van der Waals surface area contributed by atoms with Crippen LogP contribution < -0.4 is 10.6 Å². The highest BCUT2D eigenvalue weighted by Gasteiger charge is 2.44. The van der Waals surface area contributed by atoms with Crippen LogP contribution >= 0.6 is 11.8 Å². The molecule has 2 aliphatic heterocycles. The van der Waals surface area contributed by atoms with E-state index < -0.39 is 24.5 Å². The first-order chi connectivity index (χ1) is 16.5. The largest absolute Gasteiger partial charge is 0.387 e. The van der Waals surface area contributed by atoms with Crippen molar-refractivity contribution in [2.24, 2.45) is 0 Å². The lowest BCUT2D eigenvalue weighted by Crippen LogP contribution is -2.32. The summed E-state index contributed by atoms with van der Waals surface area (Å²) in [7, 11) is 0. The lowest BCUT2D eigenvalue weighted by atomic mass is 10.1. The van der Waals surface area contributed by atoms with Crippen molar-refractivity contribution in [2.45, 2.75) is 48.8 Å². The molecule has 180 valence electrons. The third-order valence-electron chi connectivity index (χ3n) is 5.84. The van der Waals surface area contributed by atoms with E-state index in [1.165, 1.54) is 31.3 Å². The monoisotopic (exact) mass is 486 g/mol. The van der Waals surface area contributed by atoms with Crippen LogP contribution in [0.3, 0.4) is 0 Å². The molecule has 0 saturated carbocycles. The van der Waals surface area contributed by atoms with Crippen LogP contribution in [0, 0.1) is 0 Å². The maximum Gasteiger partial charge on any atom is 0.221 e. The molecule has 2 saturated heterocycles. The zero-order valence-corrected chi connectivity index (χ0v) is 19.3. The number of aromatic nitrogens is 4. The molecule has 0 bridgehead atoms. The van der Waals surface area contributed by atoms with E-state index in [1.54, 1.807) is 4.57 Å². The first-order valence-electron chi connectivity index (χ1n) is 11.0. The van der Waals surface area contributed by atoms with Crippen LogP contribution in [0.15, 0.2) is 41.8 Å². The molecule has 12 heteroatoms. The Morgan fingerprint density at radius 1 is 1.24 bits per heavy atom. The van der Waals surface area contributed by atoms with Crippen LogP contribution in [0.4, 0.5) is 11.5 Å². The Hall–Kier alpha value is -2.77. The number of anilines is 2. The second-order valence-corrected chi connectivity index (χ2v) is 9.35. The Kier molecular flexibility index (Phi) is 6.66. The number of hydrogen-bond acceptors (Lipinski definition) is 10. The van der Waals surface area contributed by atoms with Crippen LogP contribution in [0.2, 0.25) is 0 Å². The second-order valence-electron chi connectivity index (χ2n) is 8.29. The molecule has 0 unspecified atom stereocenters. The summed E-state index contributed by atoms with van der Waals surface area (Å²) < 4.78 is 13.1. The lowest BCUT2D eigenvalue weighted by molar-refractivity contribution is -0.114. The van der Waals surface area contributed by atoms with Crippen LogP contribution in [0.1, 0.15) is 19.6 Å². The number of para-hydroxylation sites is 1. The fourth-order valence-corrected chi connectivity index (χ4v) is 5.21. The van der Waals surface area contributed by atoms with E-state index in [0.29, 0.717) is 41.6 Å². The molecule has 5 atom stereocenters. The summed E-state index contributed by atoms with van der Waals surface area (Å²) in [5, 5.41) is 27.6. The van der Waals surface area contributed by atoms with Crippen molar-refractivity contribution in [2.75, 3.05) is 29.6 Å². The van der Waals surface area contributed by atoms with Gasteiger partial charge in [-0.05, 0) is 18.6 Å². The molecule has 0 aliphatic carbocycles. The third-order valence-corrected chi connectivity index (χ3v) is 7.00. The van der Waals surface area contributed by atoms with Gasteiger partial charge in [-0.2, -0.15) is 0 Å². The molecule has 3 aromatic rings. The predicted octanol–water partition coefficient (Wildman–Crippen LogP) is 1.40. The number of fused-ring (bicyclic) bond motifs is 1.